The fourth-order valence-corrected chi connectivity index (χ4v) is 5.73. The van der Waals surface area contributed by atoms with E-state index in [2.05, 4.69) is 66.7 Å². The SMILES string of the molecule is CC(C)(O)C(C)(C)O[B]c1ccc2sc3cc4c5c(cccc5c3c2c1)-c1ccccc1-4. The number of rotatable bonds is 4. The molecule has 157 valence electrons. The molecule has 0 saturated carbocycles. The van der Waals surface area contributed by atoms with Gasteiger partial charge in [0.15, 0.2) is 0 Å². The van der Waals surface area contributed by atoms with Gasteiger partial charge in [0.25, 0.3) is 0 Å². The van der Waals surface area contributed by atoms with E-state index in [-0.39, 0.29) is 0 Å². The number of hydrogen-bond donors (Lipinski definition) is 1. The first-order valence-electron chi connectivity index (χ1n) is 11.0. The van der Waals surface area contributed by atoms with Crippen molar-refractivity contribution in [2.45, 2.75) is 38.9 Å². The molecule has 5 aromatic rings. The van der Waals surface area contributed by atoms with Gasteiger partial charge in [-0.15, -0.1) is 11.3 Å². The predicted octanol–water partition coefficient (Wildman–Crippen LogP) is 6.67. The zero-order valence-electron chi connectivity index (χ0n) is 18.7. The minimum Gasteiger partial charge on any atom is -0.427 e. The van der Waals surface area contributed by atoms with E-state index in [0.717, 1.165) is 5.46 Å². The topological polar surface area (TPSA) is 29.5 Å². The number of fused-ring (bicyclic) bond motifs is 7. The molecule has 6 rings (SSSR count). The smallest absolute Gasteiger partial charge is 0.330 e. The summed E-state index contributed by atoms with van der Waals surface area (Å²) in [6.45, 7) is 7.37. The number of aliphatic hydroxyl groups is 1. The predicted molar refractivity (Wildman–Crippen MR) is 138 cm³/mol. The molecule has 4 aromatic carbocycles. The molecule has 2 nitrogen and oxygen atoms in total. The molecular weight excluding hydrogens is 411 g/mol. The summed E-state index contributed by atoms with van der Waals surface area (Å²) in [4.78, 5) is 0. The fraction of sp³-hybridized carbons (Fsp3) is 0.214. The van der Waals surface area contributed by atoms with E-state index in [4.69, 9.17) is 4.65 Å². The van der Waals surface area contributed by atoms with Gasteiger partial charge < -0.3 is 9.76 Å². The zero-order chi connectivity index (χ0) is 22.3. The Kier molecular flexibility index (Phi) is 4.17. The average molecular weight is 435 g/mol. The lowest BCUT2D eigenvalue weighted by Crippen LogP contribution is -2.49. The molecule has 1 N–H and O–H groups in total. The Hall–Kier alpha value is -2.66. The largest absolute Gasteiger partial charge is 0.427 e. The molecule has 4 heteroatoms. The normalized spacial score (nSPS) is 13.3. The van der Waals surface area contributed by atoms with Crippen LogP contribution in [0, 0.1) is 0 Å². The molecule has 0 spiro atoms. The highest BCUT2D eigenvalue weighted by molar-refractivity contribution is 7.26. The standard InChI is InChI=1S/C28H24BO2S/c1-27(2,30)28(3,4)31-29-16-12-13-23-22(14-16)26-20-11-7-10-19-17-8-5-6-9-18(17)21(25(19)20)15-24(26)32-23/h5-15,30H,1-4H3. The molecule has 1 radical (unpaired) electrons. The number of thiophene rings is 1. The van der Waals surface area contributed by atoms with Gasteiger partial charge in [-0.25, -0.2) is 0 Å². The van der Waals surface area contributed by atoms with Crippen LogP contribution in [0.25, 0.3) is 53.2 Å². The molecule has 1 aliphatic rings. The van der Waals surface area contributed by atoms with Crippen molar-refractivity contribution in [2.75, 3.05) is 0 Å². The second-order valence-corrected chi connectivity index (χ2v) is 10.8. The molecular formula is C28H24BO2S. The molecule has 0 atom stereocenters. The first-order valence-corrected chi connectivity index (χ1v) is 11.8. The van der Waals surface area contributed by atoms with Crippen LogP contribution >= 0.6 is 11.3 Å². The minimum atomic E-state index is -0.948. The highest BCUT2D eigenvalue weighted by atomic mass is 32.1. The Labute approximate surface area is 192 Å². The number of benzene rings is 4. The van der Waals surface area contributed by atoms with E-state index in [1.54, 1.807) is 21.3 Å². The van der Waals surface area contributed by atoms with E-state index in [1.165, 1.54) is 53.2 Å². The Bertz CT molecular complexity index is 1540. The molecule has 0 bridgehead atoms. The third-order valence-corrected chi connectivity index (χ3v) is 8.21. The maximum absolute atomic E-state index is 10.4. The molecule has 1 heterocycles. The van der Waals surface area contributed by atoms with Crippen LogP contribution in [0.1, 0.15) is 27.7 Å². The van der Waals surface area contributed by atoms with Crippen LogP contribution in [0.15, 0.2) is 66.7 Å². The van der Waals surface area contributed by atoms with Crippen molar-refractivity contribution in [1.29, 1.82) is 0 Å². The second kappa shape index (κ2) is 6.68. The van der Waals surface area contributed by atoms with Crippen LogP contribution in [-0.4, -0.2) is 23.8 Å². The van der Waals surface area contributed by atoms with Crippen LogP contribution in [0.2, 0.25) is 0 Å². The molecule has 0 unspecified atom stereocenters. The highest BCUT2D eigenvalue weighted by Gasteiger charge is 2.35. The molecule has 1 aliphatic carbocycles. The quantitative estimate of drug-likeness (QED) is 0.314. The average Bonchev–Trinajstić information content (AvgIpc) is 3.29. The van der Waals surface area contributed by atoms with Gasteiger partial charge in [-0.05, 0) is 72.9 Å². The van der Waals surface area contributed by atoms with Gasteiger partial charge in [-0.1, -0.05) is 60.1 Å². The summed E-state index contributed by atoms with van der Waals surface area (Å²) in [5, 5.41) is 15.6. The molecule has 0 saturated heterocycles. The van der Waals surface area contributed by atoms with E-state index >= 15 is 0 Å². The van der Waals surface area contributed by atoms with Gasteiger partial charge in [-0.2, -0.15) is 0 Å². The minimum absolute atomic E-state index is 0.695. The van der Waals surface area contributed by atoms with E-state index in [1.807, 2.05) is 25.2 Å². The first-order chi connectivity index (χ1) is 15.2. The van der Waals surface area contributed by atoms with E-state index in [9.17, 15) is 5.11 Å². The first kappa shape index (κ1) is 20.0. The molecule has 0 aliphatic heterocycles. The van der Waals surface area contributed by atoms with Gasteiger partial charge in [0.1, 0.15) is 0 Å². The van der Waals surface area contributed by atoms with Gasteiger partial charge in [-0.3, -0.25) is 0 Å². The van der Waals surface area contributed by atoms with E-state index in [0.29, 0.717) is 0 Å². The summed E-state index contributed by atoms with van der Waals surface area (Å²) in [5.74, 6) is 0. The van der Waals surface area contributed by atoms with Crippen molar-refractivity contribution in [3.05, 3.63) is 66.7 Å². The van der Waals surface area contributed by atoms with E-state index < -0.39 is 11.2 Å². The third kappa shape index (κ3) is 2.80. The van der Waals surface area contributed by atoms with Crippen molar-refractivity contribution in [2.24, 2.45) is 0 Å². The van der Waals surface area contributed by atoms with Gasteiger partial charge in [0.2, 0.25) is 0 Å². The summed E-state index contributed by atoms with van der Waals surface area (Å²) >= 11 is 1.85. The van der Waals surface area contributed by atoms with Crippen LogP contribution in [0.4, 0.5) is 0 Å². The van der Waals surface area contributed by atoms with Crippen LogP contribution in [0.5, 0.6) is 0 Å². The van der Waals surface area contributed by atoms with Crippen molar-refractivity contribution in [3.63, 3.8) is 0 Å². The second-order valence-electron chi connectivity index (χ2n) is 9.73. The molecule has 1 aromatic heterocycles. The maximum Gasteiger partial charge on any atom is 0.330 e. The van der Waals surface area contributed by atoms with Crippen LogP contribution < -0.4 is 5.46 Å². The summed E-state index contributed by atoms with van der Waals surface area (Å²) in [7, 11) is 1.77. The maximum atomic E-state index is 10.4. The monoisotopic (exact) mass is 435 g/mol. The van der Waals surface area contributed by atoms with Crippen LogP contribution in [-0.2, 0) is 4.65 Å². The summed E-state index contributed by atoms with van der Waals surface area (Å²) in [5.41, 5.74) is 4.68. The van der Waals surface area contributed by atoms with Crippen molar-refractivity contribution in [3.8, 4) is 22.3 Å². The van der Waals surface area contributed by atoms with Gasteiger partial charge >= 0.3 is 7.48 Å². The summed E-state index contributed by atoms with van der Waals surface area (Å²) < 4.78 is 8.61. The Morgan fingerprint density at radius 2 is 1.44 bits per heavy atom. The van der Waals surface area contributed by atoms with Gasteiger partial charge in [0.05, 0.1) is 11.2 Å². The lowest BCUT2D eigenvalue weighted by atomic mass is 9.82. The summed E-state index contributed by atoms with van der Waals surface area (Å²) in [6, 6.07) is 24.2. The van der Waals surface area contributed by atoms with Gasteiger partial charge in [0, 0.05) is 20.2 Å². The molecule has 32 heavy (non-hydrogen) atoms. The Morgan fingerprint density at radius 1 is 0.719 bits per heavy atom. The van der Waals surface area contributed by atoms with Crippen molar-refractivity contribution >= 4 is 55.2 Å². The molecule has 0 fully saturated rings. The fourth-order valence-electron chi connectivity index (χ4n) is 4.59. The lowest BCUT2D eigenvalue weighted by molar-refractivity contribution is -0.0893. The highest BCUT2D eigenvalue weighted by Crippen LogP contribution is 2.51. The zero-order valence-corrected chi connectivity index (χ0v) is 19.5. The van der Waals surface area contributed by atoms with Crippen molar-refractivity contribution < 1.29 is 9.76 Å². The Morgan fingerprint density at radius 3 is 2.19 bits per heavy atom. The van der Waals surface area contributed by atoms with Crippen LogP contribution in [0.3, 0.4) is 0 Å². The lowest BCUT2D eigenvalue weighted by Gasteiger charge is -2.37. The third-order valence-electron chi connectivity index (χ3n) is 7.09. The number of hydrogen-bond acceptors (Lipinski definition) is 3. The Balaban J connectivity index is 1.53. The molecule has 0 amide bonds. The van der Waals surface area contributed by atoms with Crippen molar-refractivity contribution in [1.82, 2.24) is 0 Å². The summed E-state index contributed by atoms with van der Waals surface area (Å²) in [6.07, 6.45) is 0.